The van der Waals surface area contributed by atoms with Crippen molar-refractivity contribution in [1.82, 2.24) is 10.2 Å². The third-order valence-electron chi connectivity index (χ3n) is 3.44. The van der Waals surface area contributed by atoms with Crippen molar-refractivity contribution in [2.75, 3.05) is 13.1 Å². The quantitative estimate of drug-likeness (QED) is 0.807. The molecule has 0 spiro atoms. The molecule has 0 bridgehead atoms. The third kappa shape index (κ3) is 4.90. The molecule has 2 rings (SSSR count). The highest BCUT2D eigenvalue weighted by molar-refractivity contribution is 6.68. The highest BCUT2D eigenvalue weighted by Gasteiger charge is 2.38. The molecule has 116 valence electrons. The summed E-state index contributed by atoms with van der Waals surface area (Å²) >= 11 is 23.9. The Balaban J connectivity index is 2.10. The van der Waals surface area contributed by atoms with Crippen LogP contribution in [0.5, 0.6) is 0 Å². The number of piperidine rings is 1. The summed E-state index contributed by atoms with van der Waals surface area (Å²) in [5.41, 5.74) is 0.482. The van der Waals surface area contributed by atoms with Crippen LogP contribution in [0.25, 0.3) is 0 Å². The second kappa shape index (κ2) is 7.38. The number of nitrogens with one attached hydrogen (secondary N) is 1. The van der Waals surface area contributed by atoms with Crippen LogP contribution in [0.2, 0.25) is 5.02 Å². The van der Waals surface area contributed by atoms with E-state index in [1.165, 1.54) is 0 Å². The van der Waals surface area contributed by atoms with Gasteiger partial charge < -0.3 is 5.32 Å². The molecule has 0 aliphatic carbocycles. The smallest absolute Gasteiger partial charge is 0.252 e. The van der Waals surface area contributed by atoms with Gasteiger partial charge in [-0.15, -0.1) is 0 Å². The molecule has 3 nitrogen and oxygen atoms in total. The summed E-state index contributed by atoms with van der Waals surface area (Å²) in [7, 11) is 0. The van der Waals surface area contributed by atoms with Gasteiger partial charge in [0, 0.05) is 23.7 Å². The second-order valence-electron chi connectivity index (χ2n) is 5.02. The van der Waals surface area contributed by atoms with Gasteiger partial charge in [0.2, 0.25) is 3.79 Å². The molecule has 1 aliphatic rings. The van der Waals surface area contributed by atoms with Crippen LogP contribution in [-0.2, 0) is 0 Å². The molecule has 7 heteroatoms. The molecule has 0 saturated carbocycles. The number of benzene rings is 1. The molecule has 1 aromatic carbocycles. The molecule has 1 heterocycles. The summed E-state index contributed by atoms with van der Waals surface area (Å²) in [4.78, 5) is 14.3. The number of amides is 1. The van der Waals surface area contributed by atoms with Crippen molar-refractivity contribution < 1.29 is 4.79 Å². The van der Waals surface area contributed by atoms with Gasteiger partial charge in [0.1, 0.15) is 6.17 Å². The van der Waals surface area contributed by atoms with Crippen LogP contribution < -0.4 is 5.32 Å². The van der Waals surface area contributed by atoms with E-state index in [2.05, 4.69) is 5.32 Å². The van der Waals surface area contributed by atoms with Crippen molar-refractivity contribution in [3.05, 3.63) is 34.9 Å². The van der Waals surface area contributed by atoms with Crippen molar-refractivity contribution >= 4 is 52.3 Å². The van der Waals surface area contributed by atoms with Gasteiger partial charge in [-0.3, -0.25) is 9.69 Å². The van der Waals surface area contributed by atoms with Gasteiger partial charge in [0.25, 0.3) is 5.91 Å². The number of carbonyl (C=O) groups excluding carboxylic acids is 1. The summed E-state index contributed by atoms with van der Waals surface area (Å²) in [5, 5.41) is 3.38. The molecule has 1 aromatic rings. The molecule has 1 fully saturated rings. The van der Waals surface area contributed by atoms with Gasteiger partial charge in [-0.25, -0.2) is 0 Å². The monoisotopic (exact) mass is 368 g/mol. The Kier molecular flexibility index (Phi) is 6.04. The number of alkyl halides is 3. The van der Waals surface area contributed by atoms with E-state index in [1.54, 1.807) is 24.3 Å². The molecule has 21 heavy (non-hydrogen) atoms. The Morgan fingerprint density at radius 1 is 1.10 bits per heavy atom. The molecule has 1 saturated heterocycles. The van der Waals surface area contributed by atoms with Gasteiger partial charge in [-0.1, -0.05) is 52.8 Å². The largest absolute Gasteiger partial charge is 0.332 e. The van der Waals surface area contributed by atoms with Crippen LogP contribution in [0.15, 0.2) is 24.3 Å². The van der Waals surface area contributed by atoms with E-state index in [0.717, 1.165) is 32.4 Å². The first-order chi connectivity index (χ1) is 9.88. The molecule has 1 atom stereocenters. The first kappa shape index (κ1) is 17.2. The van der Waals surface area contributed by atoms with Crippen LogP contribution >= 0.6 is 46.4 Å². The van der Waals surface area contributed by atoms with Crippen molar-refractivity contribution in [3.8, 4) is 0 Å². The second-order valence-corrected chi connectivity index (χ2v) is 7.83. The molecule has 0 radical (unpaired) electrons. The van der Waals surface area contributed by atoms with E-state index in [-0.39, 0.29) is 5.91 Å². The Hall–Kier alpha value is -0.190. The highest BCUT2D eigenvalue weighted by atomic mass is 35.6. The SMILES string of the molecule is O=C(N[C@@H](N1CCCCC1)C(Cl)(Cl)Cl)c1ccc(Cl)cc1. The van der Waals surface area contributed by atoms with Crippen LogP contribution in [0.3, 0.4) is 0 Å². The molecule has 1 amide bonds. The van der Waals surface area contributed by atoms with E-state index in [4.69, 9.17) is 46.4 Å². The van der Waals surface area contributed by atoms with Crippen LogP contribution in [0.1, 0.15) is 29.6 Å². The topological polar surface area (TPSA) is 32.3 Å². The maximum atomic E-state index is 12.3. The zero-order chi connectivity index (χ0) is 15.5. The molecule has 1 N–H and O–H groups in total. The van der Waals surface area contributed by atoms with Gasteiger partial charge in [-0.05, 0) is 37.1 Å². The predicted octanol–water partition coefficient (Wildman–Crippen LogP) is 4.25. The molecular weight excluding hydrogens is 354 g/mol. The lowest BCUT2D eigenvalue weighted by Gasteiger charge is -2.38. The Bertz CT molecular complexity index is 481. The minimum absolute atomic E-state index is 0.284. The van der Waals surface area contributed by atoms with Crippen molar-refractivity contribution in [3.63, 3.8) is 0 Å². The lowest BCUT2D eigenvalue weighted by atomic mass is 10.1. The Morgan fingerprint density at radius 2 is 1.67 bits per heavy atom. The van der Waals surface area contributed by atoms with Gasteiger partial charge in [0.05, 0.1) is 0 Å². The number of hydrogen-bond acceptors (Lipinski definition) is 2. The number of carbonyl (C=O) groups is 1. The number of hydrogen-bond donors (Lipinski definition) is 1. The maximum absolute atomic E-state index is 12.3. The molecular formula is C14H16Cl4N2O. The third-order valence-corrected chi connectivity index (χ3v) is 4.31. The predicted molar refractivity (Wildman–Crippen MR) is 88.4 cm³/mol. The fourth-order valence-corrected chi connectivity index (χ4v) is 3.07. The standard InChI is InChI=1S/C14H16Cl4N2O/c15-11-6-4-10(5-7-11)12(21)19-13(14(16,17)18)20-8-2-1-3-9-20/h4-7,13H,1-3,8-9H2,(H,19,21)/t13-/m0/s1. The summed E-state index contributed by atoms with van der Waals surface area (Å²) in [6, 6.07) is 6.59. The normalized spacial score (nSPS) is 18.3. The Morgan fingerprint density at radius 3 is 2.19 bits per heavy atom. The summed E-state index contributed by atoms with van der Waals surface area (Å²) in [6.07, 6.45) is 2.59. The van der Waals surface area contributed by atoms with Gasteiger partial charge in [-0.2, -0.15) is 0 Å². The van der Waals surface area contributed by atoms with E-state index in [0.29, 0.717) is 10.6 Å². The first-order valence-corrected chi connectivity index (χ1v) is 8.26. The Labute approximate surface area is 144 Å². The summed E-state index contributed by atoms with van der Waals surface area (Å²) in [6.45, 7) is 1.61. The number of likely N-dealkylation sites (tertiary alicyclic amines) is 1. The highest BCUT2D eigenvalue weighted by Crippen LogP contribution is 2.33. The van der Waals surface area contributed by atoms with Crippen molar-refractivity contribution in [2.45, 2.75) is 29.2 Å². The fraction of sp³-hybridized carbons (Fsp3) is 0.500. The maximum Gasteiger partial charge on any atom is 0.252 e. The van der Waals surface area contributed by atoms with Crippen LogP contribution in [-0.4, -0.2) is 33.9 Å². The van der Waals surface area contributed by atoms with Gasteiger partial charge >= 0.3 is 0 Å². The zero-order valence-electron chi connectivity index (χ0n) is 11.3. The number of rotatable bonds is 3. The minimum Gasteiger partial charge on any atom is -0.332 e. The van der Waals surface area contributed by atoms with E-state index in [9.17, 15) is 4.79 Å². The van der Waals surface area contributed by atoms with Gasteiger partial charge in [0.15, 0.2) is 0 Å². The number of nitrogens with zero attached hydrogens (tertiary/aromatic N) is 1. The van der Waals surface area contributed by atoms with Crippen molar-refractivity contribution in [1.29, 1.82) is 0 Å². The van der Waals surface area contributed by atoms with E-state index >= 15 is 0 Å². The lowest BCUT2D eigenvalue weighted by molar-refractivity contribution is 0.0819. The average molecular weight is 370 g/mol. The average Bonchev–Trinajstić information content (AvgIpc) is 2.45. The van der Waals surface area contributed by atoms with Crippen LogP contribution in [0, 0.1) is 0 Å². The minimum atomic E-state index is -1.58. The molecule has 0 aromatic heterocycles. The summed E-state index contributed by atoms with van der Waals surface area (Å²) in [5.74, 6) is -0.284. The fourth-order valence-electron chi connectivity index (χ4n) is 2.37. The zero-order valence-corrected chi connectivity index (χ0v) is 14.3. The lowest BCUT2D eigenvalue weighted by Crippen LogP contribution is -2.56. The van der Waals surface area contributed by atoms with E-state index < -0.39 is 9.96 Å². The summed E-state index contributed by atoms with van der Waals surface area (Å²) < 4.78 is -1.58. The van der Waals surface area contributed by atoms with Crippen LogP contribution in [0.4, 0.5) is 0 Å². The first-order valence-electron chi connectivity index (χ1n) is 6.75. The van der Waals surface area contributed by atoms with E-state index in [1.807, 2.05) is 4.90 Å². The van der Waals surface area contributed by atoms with Crippen molar-refractivity contribution in [2.24, 2.45) is 0 Å². The molecule has 0 unspecified atom stereocenters. The molecule has 1 aliphatic heterocycles. The number of halogens is 4.